The molecule has 0 rings (SSSR count). The number of carbonyl (C=O) groups excluding carboxylic acids is 3. The van der Waals surface area contributed by atoms with Gasteiger partial charge in [-0.3, -0.25) is 14.4 Å². The van der Waals surface area contributed by atoms with Crippen molar-refractivity contribution in [3.05, 3.63) is 48.6 Å². The largest absolute Gasteiger partial charge is 0.462 e. The van der Waals surface area contributed by atoms with E-state index in [1.54, 1.807) is 0 Å². The molecular formula is C57H102O6. The molecular weight excluding hydrogens is 781 g/mol. The van der Waals surface area contributed by atoms with Gasteiger partial charge in [0.1, 0.15) is 13.2 Å². The highest BCUT2D eigenvalue weighted by Crippen LogP contribution is 2.17. The second-order valence-corrected chi connectivity index (χ2v) is 18.1. The summed E-state index contributed by atoms with van der Waals surface area (Å²) in [6.07, 6.45) is 63.1. The van der Waals surface area contributed by atoms with E-state index in [4.69, 9.17) is 14.2 Å². The molecule has 0 saturated heterocycles. The fourth-order valence-electron chi connectivity index (χ4n) is 7.81. The molecule has 0 N–H and O–H groups in total. The Morgan fingerprint density at radius 3 is 0.937 bits per heavy atom. The van der Waals surface area contributed by atoms with Gasteiger partial charge in [-0.1, -0.05) is 262 Å². The van der Waals surface area contributed by atoms with E-state index in [0.717, 1.165) is 64.2 Å². The second kappa shape index (κ2) is 52.0. The average Bonchev–Trinajstić information content (AvgIpc) is 3.28. The number of hydrogen-bond donors (Lipinski definition) is 0. The molecule has 0 heterocycles. The molecule has 0 spiro atoms. The highest BCUT2D eigenvalue weighted by atomic mass is 16.6. The van der Waals surface area contributed by atoms with E-state index in [9.17, 15) is 14.4 Å². The summed E-state index contributed by atoms with van der Waals surface area (Å²) in [4.78, 5) is 37.7. The van der Waals surface area contributed by atoms with Crippen LogP contribution in [0.5, 0.6) is 0 Å². The van der Waals surface area contributed by atoms with Crippen LogP contribution < -0.4 is 0 Å². The van der Waals surface area contributed by atoms with Crippen LogP contribution in [0, 0.1) is 0 Å². The van der Waals surface area contributed by atoms with Gasteiger partial charge in [-0.05, 0) is 44.9 Å². The molecule has 366 valence electrons. The van der Waals surface area contributed by atoms with E-state index in [1.807, 2.05) is 12.2 Å². The van der Waals surface area contributed by atoms with Gasteiger partial charge in [-0.15, -0.1) is 0 Å². The Morgan fingerprint density at radius 2 is 0.619 bits per heavy atom. The number of ether oxygens (including phenoxy) is 3. The number of esters is 3. The van der Waals surface area contributed by atoms with Gasteiger partial charge in [0.25, 0.3) is 0 Å². The number of allylic oxidation sites excluding steroid dienone is 8. The quantitative estimate of drug-likeness (QED) is 0.0262. The summed E-state index contributed by atoms with van der Waals surface area (Å²) in [5.41, 5.74) is 0. The van der Waals surface area contributed by atoms with Gasteiger partial charge in [-0.2, -0.15) is 0 Å². The molecule has 0 amide bonds. The van der Waals surface area contributed by atoms with E-state index >= 15 is 0 Å². The number of carbonyl (C=O) groups is 3. The van der Waals surface area contributed by atoms with Crippen LogP contribution in [0.4, 0.5) is 0 Å². The van der Waals surface area contributed by atoms with E-state index in [0.29, 0.717) is 19.3 Å². The molecule has 0 bridgehead atoms. The van der Waals surface area contributed by atoms with Crippen molar-refractivity contribution < 1.29 is 28.6 Å². The Kier molecular flexibility index (Phi) is 49.8. The molecule has 0 aromatic carbocycles. The summed E-state index contributed by atoms with van der Waals surface area (Å²) in [5.74, 6) is -0.984. The fraction of sp³-hybridized carbons (Fsp3) is 0.807. The first-order valence-electron chi connectivity index (χ1n) is 27.1. The zero-order valence-electron chi connectivity index (χ0n) is 41.8. The van der Waals surface area contributed by atoms with Crippen LogP contribution in [-0.4, -0.2) is 37.2 Å². The molecule has 6 heteroatoms. The van der Waals surface area contributed by atoms with E-state index in [2.05, 4.69) is 57.2 Å². The lowest BCUT2D eigenvalue weighted by Crippen LogP contribution is -2.30. The van der Waals surface area contributed by atoms with Gasteiger partial charge < -0.3 is 14.2 Å². The molecule has 1 atom stereocenters. The smallest absolute Gasteiger partial charge is 0.306 e. The van der Waals surface area contributed by atoms with E-state index < -0.39 is 6.10 Å². The van der Waals surface area contributed by atoms with Crippen molar-refractivity contribution in [2.24, 2.45) is 0 Å². The summed E-state index contributed by atoms with van der Waals surface area (Å²) in [6, 6.07) is 0. The van der Waals surface area contributed by atoms with Crippen molar-refractivity contribution in [3.63, 3.8) is 0 Å². The van der Waals surface area contributed by atoms with Gasteiger partial charge in [0.05, 0.1) is 0 Å². The Morgan fingerprint density at radius 1 is 0.333 bits per heavy atom. The molecule has 0 aliphatic carbocycles. The maximum Gasteiger partial charge on any atom is 0.306 e. The summed E-state index contributed by atoms with van der Waals surface area (Å²) in [6.45, 7) is 6.42. The maximum atomic E-state index is 12.7. The van der Waals surface area contributed by atoms with Gasteiger partial charge >= 0.3 is 17.9 Å². The first-order valence-corrected chi connectivity index (χ1v) is 27.1. The van der Waals surface area contributed by atoms with Crippen LogP contribution >= 0.6 is 0 Å². The van der Waals surface area contributed by atoms with Crippen LogP contribution in [0.1, 0.15) is 278 Å². The van der Waals surface area contributed by atoms with Crippen molar-refractivity contribution >= 4 is 17.9 Å². The van der Waals surface area contributed by atoms with Crippen molar-refractivity contribution in [1.29, 1.82) is 0 Å². The lowest BCUT2D eigenvalue weighted by molar-refractivity contribution is -0.166. The predicted octanol–water partition coefficient (Wildman–Crippen LogP) is 17.9. The molecule has 0 aliphatic rings. The first kappa shape index (κ1) is 60.4. The van der Waals surface area contributed by atoms with E-state index in [1.165, 1.54) is 167 Å². The summed E-state index contributed by atoms with van der Waals surface area (Å²) >= 11 is 0. The summed E-state index contributed by atoms with van der Waals surface area (Å²) in [7, 11) is 0. The highest BCUT2D eigenvalue weighted by Gasteiger charge is 2.19. The Labute approximate surface area is 390 Å². The van der Waals surface area contributed by atoms with Gasteiger partial charge in [0.15, 0.2) is 6.10 Å². The van der Waals surface area contributed by atoms with Crippen molar-refractivity contribution in [3.8, 4) is 0 Å². The Balaban J connectivity index is 4.07. The number of unbranched alkanes of at least 4 members (excludes halogenated alkanes) is 30. The van der Waals surface area contributed by atoms with Crippen LogP contribution in [-0.2, 0) is 28.6 Å². The standard InChI is InChI=1S/C57H102O6/c1-4-7-10-13-16-18-20-22-23-24-25-26-27-28-29-30-31-32-33-34-36-37-39-41-44-47-50-56(59)62-53-54(52-61-55(58)49-46-43-15-12-9-6-3)63-57(60)51-48-45-42-40-38-35-21-19-17-14-11-8-5-2/h8,11,17,19,35,38,42,45,54H,4-7,9-10,12-16,18,20-34,36-37,39-41,43-44,46-53H2,1-3H3/b11-8-,19-17-,38-35-,45-42-. The molecule has 0 saturated carbocycles. The monoisotopic (exact) mass is 883 g/mol. The molecule has 0 fully saturated rings. The minimum absolute atomic E-state index is 0.0989. The molecule has 0 aromatic heterocycles. The topological polar surface area (TPSA) is 78.9 Å². The second-order valence-electron chi connectivity index (χ2n) is 18.1. The van der Waals surface area contributed by atoms with Crippen LogP contribution in [0.15, 0.2) is 48.6 Å². The fourth-order valence-corrected chi connectivity index (χ4v) is 7.81. The Bertz CT molecular complexity index is 1110. The lowest BCUT2D eigenvalue weighted by Gasteiger charge is -2.18. The normalized spacial score (nSPS) is 12.4. The number of hydrogen-bond acceptors (Lipinski definition) is 6. The molecule has 0 aromatic rings. The summed E-state index contributed by atoms with van der Waals surface area (Å²) in [5, 5.41) is 0. The van der Waals surface area contributed by atoms with Gasteiger partial charge in [0, 0.05) is 19.3 Å². The SMILES string of the molecule is CC/C=C\C/C=C\C/C=C\C/C=C\CCC(=O)OC(COC(=O)CCCCCCCC)COC(=O)CCCCCCCCCCCCCCCCCCCCCCCCCCCC. The van der Waals surface area contributed by atoms with Crippen LogP contribution in [0.25, 0.3) is 0 Å². The van der Waals surface area contributed by atoms with Crippen LogP contribution in [0.2, 0.25) is 0 Å². The third kappa shape index (κ3) is 50.2. The molecule has 6 nitrogen and oxygen atoms in total. The zero-order valence-corrected chi connectivity index (χ0v) is 41.8. The summed E-state index contributed by atoms with van der Waals surface area (Å²) < 4.78 is 16.6. The number of rotatable bonds is 49. The van der Waals surface area contributed by atoms with Crippen molar-refractivity contribution in [2.75, 3.05) is 13.2 Å². The lowest BCUT2D eigenvalue weighted by atomic mass is 10.0. The zero-order chi connectivity index (χ0) is 45.8. The maximum absolute atomic E-state index is 12.7. The minimum atomic E-state index is -0.804. The first-order chi connectivity index (χ1) is 31.0. The molecule has 1 unspecified atom stereocenters. The average molecular weight is 883 g/mol. The van der Waals surface area contributed by atoms with E-state index in [-0.39, 0.29) is 37.5 Å². The van der Waals surface area contributed by atoms with Crippen molar-refractivity contribution in [1.82, 2.24) is 0 Å². The van der Waals surface area contributed by atoms with Gasteiger partial charge in [-0.25, -0.2) is 0 Å². The molecule has 0 aliphatic heterocycles. The molecule has 0 radical (unpaired) electrons. The minimum Gasteiger partial charge on any atom is -0.462 e. The predicted molar refractivity (Wildman–Crippen MR) is 270 cm³/mol. The highest BCUT2D eigenvalue weighted by molar-refractivity contribution is 5.71. The van der Waals surface area contributed by atoms with Gasteiger partial charge in [0.2, 0.25) is 0 Å². The third-order valence-electron chi connectivity index (χ3n) is 11.9. The van der Waals surface area contributed by atoms with Crippen molar-refractivity contribution in [2.45, 2.75) is 284 Å². The third-order valence-corrected chi connectivity index (χ3v) is 11.9. The Hall–Kier alpha value is -2.63. The van der Waals surface area contributed by atoms with Crippen LogP contribution in [0.3, 0.4) is 0 Å². The molecule has 63 heavy (non-hydrogen) atoms.